The first kappa shape index (κ1) is 12.4. The van der Waals surface area contributed by atoms with Gasteiger partial charge in [0.1, 0.15) is 0 Å². The molecule has 0 saturated heterocycles. The van der Waals surface area contributed by atoms with Crippen LogP contribution in [0.25, 0.3) is 0 Å². The molecule has 88 valence electrons. The Labute approximate surface area is 94.9 Å². The highest BCUT2D eigenvalue weighted by atomic mass is 16.2. The molecule has 0 fully saturated rings. The third-order valence-electron chi connectivity index (χ3n) is 2.20. The molecule has 0 atom stereocenters. The molecule has 1 rings (SSSR count). The lowest BCUT2D eigenvalue weighted by Gasteiger charge is -2.05. The molecular weight excluding hydrogens is 206 g/mol. The molecule has 0 bridgehead atoms. The number of nitrogens with zero attached hydrogens (tertiary/aromatic N) is 2. The maximum absolute atomic E-state index is 11.4. The minimum atomic E-state index is -0.173. The van der Waals surface area contributed by atoms with Crippen LogP contribution in [0.3, 0.4) is 0 Å². The van der Waals surface area contributed by atoms with Gasteiger partial charge in [0.05, 0.1) is 25.0 Å². The summed E-state index contributed by atoms with van der Waals surface area (Å²) in [6.07, 6.45) is 3.64. The number of imidazole rings is 1. The van der Waals surface area contributed by atoms with Gasteiger partial charge >= 0.3 is 0 Å². The Morgan fingerprint density at radius 2 is 2.19 bits per heavy atom. The topological polar surface area (TPSA) is 64.0 Å². The largest absolute Gasteiger partial charge is 0.349 e. The van der Waals surface area contributed by atoms with Crippen molar-refractivity contribution in [3.05, 3.63) is 18.2 Å². The molecule has 16 heavy (non-hydrogen) atoms. The normalized spacial score (nSPS) is 10.5. The van der Waals surface area contributed by atoms with E-state index >= 15 is 0 Å². The molecule has 0 saturated carbocycles. The van der Waals surface area contributed by atoms with Crippen molar-refractivity contribution in [2.45, 2.75) is 20.3 Å². The lowest BCUT2D eigenvalue weighted by atomic mass is 10.1. The van der Waals surface area contributed by atoms with Crippen molar-refractivity contribution >= 4 is 11.7 Å². The molecule has 5 nitrogen and oxygen atoms in total. The second kappa shape index (κ2) is 5.44. The molecule has 0 aromatic carbocycles. The predicted octanol–water partition coefficient (Wildman–Crippen LogP) is 0.304. The standard InChI is InChI=1S/C11H17N3O2/c1-8(2)10(15)5-12-11(16)4-9-6-14(3)7-13-9/h6-8H,4-5H2,1-3H3,(H,12,16). The monoisotopic (exact) mass is 223 g/mol. The Bertz CT molecular complexity index is 382. The van der Waals surface area contributed by atoms with Crippen LogP contribution >= 0.6 is 0 Å². The van der Waals surface area contributed by atoms with Gasteiger partial charge in [-0.15, -0.1) is 0 Å². The van der Waals surface area contributed by atoms with Crippen molar-refractivity contribution < 1.29 is 9.59 Å². The highest BCUT2D eigenvalue weighted by Crippen LogP contribution is 1.96. The molecule has 1 amide bonds. The number of aryl methyl sites for hydroxylation is 1. The number of carbonyl (C=O) groups is 2. The first-order chi connectivity index (χ1) is 7.49. The molecule has 1 N–H and O–H groups in total. The maximum Gasteiger partial charge on any atom is 0.226 e. The quantitative estimate of drug-likeness (QED) is 0.781. The Morgan fingerprint density at radius 3 is 2.69 bits per heavy atom. The van der Waals surface area contributed by atoms with Crippen LogP contribution in [0.1, 0.15) is 19.5 Å². The van der Waals surface area contributed by atoms with Crippen LogP contribution in [-0.2, 0) is 23.1 Å². The van der Waals surface area contributed by atoms with Gasteiger partial charge in [-0.05, 0) is 0 Å². The van der Waals surface area contributed by atoms with E-state index in [1.165, 1.54) is 0 Å². The summed E-state index contributed by atoms with van der Waals surface area (Å²) >= 11 is 0. The van der Waals surface area contributed by atoms with Crippen LogP contribution in [0, 0.1) is 5.92 Å². The highest BCUT2D eigenvalue weighted by molar-refractivity contribution is 5.87. The molecule has 0 unspecified atom stereocenters. The van der Waals surface area contributed by atoms with Crippen LogP contribution in [0.5, 0.6) is 0 Å². The summed E-state index contributed by atoms with van der Waals surface area (Å²) in [7, 11) is 1.84. The number of rotatable bonds is 5. The van der Waals surface area contributed by atoms with Crippen molar-refractivity contribution in [2.75, 3.05) is 6.54 Å². The van der Waals surface area contributed by atoms with E-state index in [9.17, 15) is 9.59 Å². The zero-order chi connectivity index (χ0) is 12.1. The van der Waals surface area contributed by atoms with E-state index in [1.807, 2.05) is 20.9 Å². The fourth-order valence-corrected chi connectivity index (χ4v) is 1.18. The van der Waals surface area contributed by atoms with Gasteiger partial charge in [0, 0.05) is 19.2 Å². The number of ketones is 1. The van der Waals surface area contributed by atoms with Gasteiger partial charge in [-0.1, -0.05) is 13.8 Å². The number of Topliss-reactive ketones (excluding diaryl/α,β-unsaturated/α-hetero) is 1. The summed E-state index contributed by atoms with van der Waals surface area (Å²) in [5.41, 5.74) is 0.706. The third-order valence-corrected chi connectivity index (χ3v) is 2.20. The number of hydrogen-bond acceptors (Lipinski definition) is 3. The second-order valence-electron chi connectivity index (χ2n) is 4.10. The summed E-state index contributed by atoms with van der Waals surface area (Å²) in [6, 6.07) is 0. The van der Waals surface area contributed by atoms with Crippen LogP contribution in [0.4, 0.5) is 0 Å². The third kappa shape index (κ3) is 3.84. The molecule has 1 aromatic rings. The molecule has 1 heterocycles. The first-order valence-corrected chi connectivity index (χ1v) is 5.25. The molecule has 0 radical (unpaired) electrons. The van der Waals surface area contributed by atoms with Crippen molar-refractivity contribution in [1.29, 1.82) is 0 Å². The van der Waals surface area contributed by atoms with Gasteiger partial charge in [-0.2, -0.15) is 0 Å². The average molecular weight is 223 g/mol. The van der Waals surface area contributed by atoms with Gasteiger partial charge in [0.2, 0.25) is 5.91 Å². The Hall–Kier alpha value is -1.65. The van der Waals surface area contributed by atoms with Gasteiger partial charge in [0.15, 0.2) is 5.78 Å². The predicted molar refractivity (Wildman–Crippen MR) is 59.8 cm³/mol. The second-order valence-corrected chi connectivity index (χ2v) is 4.10. The minimum Gasteiger partial charge on any atom is -0.349 e. The van der Waals surface area contributed by atoms with Crippen LogP contribution in [0.15, 0.2) is 12.5 Å². The van der Waals surface area contributed by atoms with E-state index in [0.717, 1.165) is 0 Å². The van der Waals surface area contributed by atoms with Crippen LogP contribution in [0.2, 0.25) is 0 Å². The summed E-state index contributed by atoms with van der Waals surface area (Å²) in [4.78, 5) is 26.7. The first-order valence-electron chi connectivity index (χ1n) is 5.25. The number of hydrogen-bond donors (Lipinski definition) is 1. The number of nitrogens with one attached hydrogen (secondary N) is 1. The molecule has 5 heteroatoms. The number of carbonyl (C=O) groups excluding carboxylic acids is 2. The average Bonchev–Trinajstić information content (AvgIpc) is 2.60. The summed E-state index contributed by atoms with van der Waals surface area (Å²) in [5.74, 6) is -0.183. The van der Waals surface area contributed by atoms with Gasteiger partial charge in [0.25, 0.3) is 0 Å². The van der Waals surface area contributed by atoms with Crippen LogP contribution < -0.4 is 5.32 Å². The Morgan fingerprint density at radius 1 is 1.50 bits per heavy atom. The molecular formula is C11H17N3O2. The maximum atomic E-state index is 11.4. The van der Waals surface area contributed by atoms with Gasteiger partial charge in [-0.25, -0.2) is 4.98 Å². The van der Waals surface area contributed by atoms with Crippen molar-refractivity contribution in [1.82, 2.24) is 14.9 Å². The Balaban J connectivity index is 2.34. The molecule has 1 aromatic heterocycles. The minimum absolute atomic E-state index is 0.0365. The smallest absolute Gasteiger partial charge is 0.226 e. The van der Waals surface area contributed by atoms with Gasteiger partial charge in [-0.3, -0.25) is 9.59 Å². The van der Waals surface area contributed by atoms with E-state index in [4.69, 9.17) is 0 Å². The Kier molecular flexibility index (Phi) is 4.22. The number of aromatic nitrogens is 2. The number of amides is 1. The summed E-state index contributed by atoms with van der Waals surface area (Å²) < 4.78 is 1.78. The van der Waals surface area contributed by atoms with E-state index in [-0.39, 0.29) is 30.6 Å². The van der Waals surface area contributed by atoms with Gasteiger partial charge < -0.3 is 9.88 Å². The van der Waals surface area contributed by atoms with Crippen LogP contribution in [-0.4, -0.2) is 27.8 Å². The molecule has 0 spiro atoms. The fraction of sp³-hybridized carbons (Fsp3) is 0.545. The molecule has 0 aliphatic carbocycles. The van der Waals surface area contributed by atoms with E-state index in [0.29, 0.717) is 5.69 Å². The lowest BCUT2D eigenvalue weighted by molar-refractivity contribution is -0.126. The van der Waals surface area contributed by atoms with E-state index in [2.05, 4.69) is 10.3 Å². The molecule has 0 aliphatic heterocycles. The lowest BCUT2D eigenvalue weighted by Crippen LogP contribution is -2.32. The summed E-state index contributed by atoms with van der Waals surface area (Å²) in [5, 5.41) is 2.58. The fourth-order valence-electron chi connectivity index (χ4n) is 1.18. The highest BCUT2D eigenvalue weighted by Gasteiger charge is 2.10. The van der Waals surface area contributed by atoms with E-state index < -0.39 is 0 Å². The molecule has 0 aliphatic rings. The zero-order valence-electron chi connectivity index (χ0n) is 9.86. The van der Waals surface area contributed by atoms with Crippen molar-refractivity contribution in [3.63, 3.8) is 0 Å². The summed E-state index contributed by atoms with van der Waals surface area (Å²) in [6.45, 7) is 3.73. The SMILES string of the molecule is CC(C)C(=O)CNC(=O)Cc1cn(C)cn1. The van der Waals surface area contributed by atoms with Crippen molar-refractivity contribution in [3.8, 4) is 0 Å². The van der Waals surface area contributed by atoms with Crippen molar-refractivity contribution in [2.24, 2.45) is 13.0 Å². The van der Waals surface area contributed by atoms with E-state index in [1.54, 1.807) is 17.1 Å². The zero-order valence-corrected chi connectivity index (χ0v) is 9.86.